The maximum absolute atomic E-state index is 11.7. The summed E-state index contributed by atoms with van der Waals surface area (Å²) in [5.74, 6) is 0. The Bertz CT molecular complexity index is 282. The lowest BCUT2D eigenvalue weighted by Crippen LogP contribution is -3.22. The lowest BCUT2D eigenvalue weighted by atomic mass is 10.0. The Labute approximate surface area is 116 Å². The fourth-order valence-corrected chi connectivity index (χ4v) is 3.39. The van der Waals surface area contributed by atoms with Crippen LogP contribution >= 0.6 is 0 Å². The molecule has 0 atom stereocenters. The van der Waals surface area contributed by atoms with E-state index in [9.17, 15) is 4.79 Å². The van der Waals surface area contributed by atoms with Gasteiger partial charge < -0.3 is 14.5 Å². The monoisotopic (exact) mass is 271 g/mol. The average molecular weight is 271 g/mol. The standard InChI is InChI=1S/C14H27N3O2/c1-3-15-7-5-13(6-8-15)16-9-11-17(12-10-16)14(18)19-4-2/h13H,3-12H2,1-2H3/p+2. The van der Waals surface area contributed by atoms with E-state index in [2.05, 4.69) is 6.92 Å². The van der Waals surface area contributed by atoms with Crippen LogP contribution in [0.25, 0.3) is 0 Å². The van der Waals surface area contributed by atoms with Gasteiger partial charge in [0.1, 0.15) is 0 Å². The number of hydrogen-bond donors (Lipinski definition) is 2. The number of carbonyl (C=O) groups is 1. The van der Waals surface area contributed by atoms with Crippen molar-refractivity contribution in [1.29, 1.82) is 0 Å². The lowest BCUT2D eigenvalue weighted by molar-refractivity contribution is -0.959. The third-order valence-electron chi connectivity index (χ3n) is 4.70. The summed E-state index contributed by atoms with van der Waals surface area (Å²) in [7, 11) is 0. The van der Waals surface area contributed by atoms with Crippen LogP contribution in [0, 0.1) is 0 Å². The van der Waals surface area contributed by atoms with Crippen molar-refractivity contribution in [3.8, 4) is 0 Å². The zero-order valence-corrected chi connectivity index (χ0v) is 12.4. The Kier molecular flexibility index (Phi) is 5.45. The maximum atomic E-state index is 11.7. The van der Waals surface area contributed by atoms with E-state index >= 15 is 0 Å². The van der Waals surface area contributed by atoms with E-state index in [0.29, 0.717) is 6.61 Å². The molecule has 0 unspecified atom stereocenters. The third kappa shape index (κ3) is 3.83. The first-order chi connectivity index (χ1) is 9.24. The number of rotatable bonds is 3. The highest BCUT2D eigenvalue weighted by Gasteiger charge is 2.33. The zero-order chi connectivity index (χ0) is 13.7. The zero-order valence-electron chi connectivity index (χ0n) is 12.4. The van der Waals surface area contributed by atoms with Crippen LogP contribution < -0.4 is 9.80 Å². The molecule has 0 bridgehead atoms. The van der Waals surface area contributed by atoms with E-state index in [4.69, 9.17) is 4.74 Å². The maximum Gasteiger partial charge on any atom is 0.410 e. The summed E-state index contributed by atoms with van der Waals surface area (Å²) in [4.78, 5) is 17.0. The summed E-state index contributed by atoms with van der Waals surface area (Å²) in [6.07, 6.45) is 2.56. The lowest BCUT2D eigenvalue weighted by Gasteiger charge is -2.38. The summed E-state index contributed by atoms with van der Waals surface area (Å²) in [5.41, 5.74) is 0. The molecule has 19 heavy (non-hydrogen) atoms. The van der Waals surface area contributed by atoms with Crippen LogP contribution in [0.2, 0.25) is 0 Å². The van der Waals surface area contributed by atoms with Gasteiger partial charge in [0, 0.05) is 12.8 Å². The molecule has 0 radical (unpaired) electrons. The molecule has 0 aromatic carbocycles. The number of ether oxygens (including phenoxy) is 1. The van der Waals surface area contributed by atoms with Gasteiger partial charge in [-0.2, -0.15) is 0 Å². The Hall–Kier alpha value is -0.810. The van der Waals surface area contributed by atoms with Crippen LogP contribution in [0.1, 0.15) is 26.7 Å². The number of likely N-dealkylation sites (tertiary alicyclic amines) is 1. The number of amides is 1. The van der Waals surface area contributed by atoms with Crippen molar-refractivity contribution in [3.05, 3.63) is 0 Å². The number of hydrogen-bond acceptors (Lipinski definition) is 2. The highest BCUT2D eigenvalue weighted by Crippen LogP contribution is 1.99. The van der Waals surface area contributed by atoms with Gasteiger partial charge in [-0.05, 0) is 13.8 Å². The van der Waals surface area contributed by atoms with Gasteiger partial charge in [0.15, 0.2) is 0 Å². The number of carbonyl (C=O) groups excluding carboxylic acids is 1. The molecule has 2 heterocycles. The molecule has 0 aromatic rings. The molecule has 2 N–H and O–H groups in total. The van der Waals surface area contributed by atoms with Crippen molar-refractivity contribution in [2.45, 2.75) is 32.7 Å². The molecule has 5 nitrogen and oxygen atoms in total. The van der Waals surface area contributed by atoms with Crippen LogP contribution in [-0.4, -0.2) is 69.5 Å². The summed E-state index contributed by atoms with van der Waals surface area (Å²) in [5, 5.41) is 0. The molecule has 0 spiro atoms. The van der Waals surface area contributed by atoms with Crippen molar-refractivity contribution >= 4 is 6.09 Å². The van der Waals surface area contributed by atoms with Crippen molar-refractivity contribution in [1.82, 2.24) is 4.90 Å². The van der Waals surface area contributed by atoms with E-state index in [1.54, 1.807) is 9.80 Å². The molecule has 1 amide bonds. The Morgan fingerprint density at radius 2 is 1.79 bits per heavy atom. The number of nitrogens with one attached hydrogen (secondary N) is 2. The quantitative estimate of drug-likeness (QED) is 0.650. The molecular formula is C14H29N3O2+2. The minimum absolute atomic E-state index is 0.133. The minimum Gasteiger partial charge on any atom is -0.450 e. The van der Waals surface area contributed by atoms with Crippen molar-refractivity contribution < 1.29 is 19.3 Å². The smallest absolute Gasteiger partial charge is 0.410 e. The molecule has 2 aliphatic rings. The molecule has 2 saturated heterocycles. The minimum atomic E-state index is -0.133. The molecule has 0 aromatic heterocycles. The van der Waals surface area contributed by atoms with Crippen LogP contribution in [0.3, 0.4) is 0 Å². The fourth-order valence-electron chi connectivity index (χ4n) is 3.39. The molecule has 2 rings (SSSR count). The second-order valence-corrected chi connectivity index (χ2v) is 5.72. The number of piperidine rings is 1. The molecule has 2 fully saturated rings. The van der Waals surface area contributed by atoms with Gasteiger partial charge in [-0.1, -0.05) is 0 Å². The second kappa shape index (κ2) is 7.10. The van der Waals surface area contributed by atoms with Gasteiger partial charge >= 0.3 is 6.09 Å². The molecule has 0 saturated carbocycles. The molecule has 110 valence electrons. The second-order valence-electron chi connectivity index (χ2n) is 5.72. The summed E-state index contributed by atoms with van der Waals surface area (Å²) in [6.45, 7) is 12.4. The fraction of sp³-hybridized carbons (Fsp3) is 0.929. The topological polar surface area (TPSA) is 38.4 Å². The molecule has 2 aliphatic heterocycles. The first kappa shape index (κ1) is 14.6. The van der Waals surface area contributed by atoms with Crippen LogP contribution in [0.4, 0.5) is 4.79 Å². The van der Waals surface area contributed by atoms with Crippen molar-refractivity contribution in [3.63, 3.8) is 0 Å². The summed E-state index contributed by atoms with van der Waals surface area (Å²) < 4.78 is 5.07. The predicted octanol–water partition coefficient (Wildman–Crippen LogP) is -1.59. The van der Waals surface area contributed by atoms with Gasteiger partial charge in [-0.3, -0.25) is 4.90 Å². The van der Waals surface area contributed by atoms with Crippen molar-refractivity contribution in [2.24, 2.45) is 0 Å². The number of quaternary nitrogens is 2. The summed E-state index contributed by atoms with van der Waals surface area (Å²) >= 11 is 0. The van der Waals surface area contributed by atoms with E-state index in [1.165, 1.54) is 32.5 Å². The van der Waals surface area contributed by atoms with E-state index in [-0.39, 0.29) is 6.09 Å². The van der Waals surface area contributed by atoms with Crippen molar-refractivity contribution in [2.75, 3.05) is 52.4 Å². The Morgan fingerprint density at radius 1 is 1.16 bits per heavy atom. The largest absolute Gasteiger partial charge is 0.450 e. The number of nitrogens with zero attached hydrogens (tertiary/aromatic N) is 1. The predicted molar refractivity (Wildman–Crippen MR) is 73.6 cm³/mol. The third-order valence-corrected chi connectivity index (χ3v) is 4.70. The highest BCUT2D eigenvalue weighted by atomic mass is 16.6. The Balaban J connectivity index is 1.73. The van der Waals surface area contributed by atoms with Gasteiger partial charge in [0.25, 0.3) is 0 Å². The normalized spacial score (nSPS) is 29.3. The number of piperazine rings is 1. The molecule has 5 heteroatoms. The molecular weight excluding hydrogens is 242 g/mol. The van der Waals surface area contributed by atoms with Crippen LogP contribution in [-0.2, 0) is 4.74 Å². The van der Waals surface area contributed by atoms with Gasteiger partial charge in [-0.15, -0.1) is 0 Å². The SMILES string of the molecule is CCOC(=O)N1CC[NH+](C2CC[NH+](CC)CC2)CC1. The highest BCUT2D eigenvalue weighted by molar-refractivity contribution is 5.67. The summed E-state index contributed by atoms with van der Waals surface area (Å²) in [6, 6.07) is 0.819. The van der Waals surface area contributed by atoms with Gasteiger partial charge in [0.2, 0.25) is 0 Å². The van der Waals surface area contributed by atoms with Crippen LogP contribution in [0.15, 0.2) is 0 Å². The Morgan fingerprint density at radius 3 is 2.32 bits per heavy atom. The van der Waals surface area contributed by atoms with E-state index in [1.807, 2.05) is 11.8 Å². The first-order valence-corrected chi connectivity index (χ1v) is 7.84. The first-order valence-electron chi connectivity index (χ1n) is 7.84. The molecule has 0 aliphatic carbocycles. The van der Waals surface area contributed by atoms with Gasteiger partial charge in [-0.25, -0.2) is 4.79 Å². The van der Waals surface area contributed by atoms with E-state index in [0.717, 1.165) is 32.2 Å². The van der Waals surface area contributed by atoms with Crippen LogP contribution in [0.5, 0.6) is 0 Å². The van der Waals surface area contributed by atoms with E-state index < -0.39 is 0 Å². The van der Waals surface area contributed by atoms with Gasteiger partial charge in [0.05, 0.1) is 58.5 Å². The average Bonchev–Trinajstić information content (AvgIpc) is 2.48.